The van der Waals surface area contributed by atoms with Crippen molar-refractivity contribution in [2.45, 2.75) is 0 Å². The van der Waals surface area contributed by atoms with Crippen molar-refractivity contribution in [2.75, 3.05) is 14.2 Å². The van der Waals surface area contributed by atoms with Crippen LogP contribution in [0.25, 0.3) is 6.08 Å². The molecule has 0 atom stereocenters. The van der Waals surface area contributed by atoms with Gasteiger partial charge in [-0.1, -0.05) is 30.4 Å². The fourth-order valence-corrected chi connectivity index (χ4v) is 1.40. The number of methoxy groups -OCH3 is 2. The molecule has 0 heterocycles. The minimum atomic E-state index is -0.969. The molecule has 0 unspecified atom stereocenters. The number of carboxylic acids is 1. The summed E-state index contributed by atoms with van der Waals surface area (Å²) in [5.74, 6) is 0.518. The summed E-state index contributed by atoms with van der Waals surface area (Å²) in [7, 11) is 3.20. The molecule has 100 valence electrons. The van der Waals surface area contributed by atoms with Gasteiger partial charge >= 0.3 is 5.97 Å². The Morgan fingerprint density at radius 1 is 1.11 bits per heavy atom. The Morgan fingerprint density at radius 2 is 1.84 bits per heavy atom. The SMILES string of the molecule is COc1ccc(OC)c(/C=C/C=C/C=C/C(=O)O)c1. The molecule has 1 N–H and O–H groups in total. The molecule has 0 aromatic heterocycles. The van der Waals surface area contributed by atoms with Gasteiger partial charge in [-0.25, -0.2) is 4.79 Å². The van der Waals surface area contributed by atoms with E-state index in [1.165, 1.54) is 6.08 Å². The predicted octanol–water partition coefficient (Wildman–Crippen LogP) is 2.91. The number of ether oxygens (including phenoxy) is 2. The number of carbonyl (C=O) groups is 1. The number of benzene rings is 1. The van der Waals surface area contributed by atoms with Gasteiger partial charge in [0, 0.05) is 11.6 Å². The normalized spacial score (nSPS) is 11.5. The summed E-state index contributed by atoms with van der Waals surface area (Å²) in [5, 5.41) is 8.40. The Bertz CT molecular complexity index is 513. The first-order valence-corrected chi connectivity index (χ1v) is 5.63. The number of hydrogen-bond acceptors (Lipinski definition) is 3. The molecule has 4 heteroatoms. The van der Waals surface area contributed by atoms with Crippen LogP contribution in [0.3, 0.4) is 0 Å². The number of carboxylic acid groups (broad SMARTS) is 1. The summed E-state index contributed by atoms with van der Waals surface area (Å²) in [5.41, 5.74) is 0.883. The van der Waals surface area contributed by atoms with Gasteiger partial charge in [-0.05, 0) is 18.2 Å². The van der Waals surface area contributed by atoms with Gasteiger partial charge in [0.15, 0.2) is 0 Å². The van der Waals surface area contributed by atoms with E-state index in [0.717, 1.165) is 23.1 Å². The number of rotatable bonds is 6. The zero-order chi connectivity index (χ0) is 14.1. The highest BCUT2D eigenvalue weighted by Crippen LogP contribution is 2.24. The van der Waals surface area contributed by atoms with Gasteiger partial charge in [0.25, 0.3) is 0 Å². The van der Waals surface area contributed by atoms with Crippen LogP contribution < -0.4 is 9.47 Å². The highest BCUT2D eigenvalue weighted by atomic mass is 16.5. The molecule has 19 heavy (non-hydrogen) atoms. The van der Waals surface area contributed by atoms with Gasteiger partial charge in [-0.15, -0.1) is 0 Å². The first kappa shape index (κ1) is 14.6. The molecule has 0 amide bonds. The fraction of sp³-hybridized carbons (Fsp3) is 0.133. The maximum atomic E-state index is 10.2. The van der Waals surface area contributed by atoms with Crippen molar-refractivity contribution in [2.24, 2.45) is 0 Å². The standard InChI is InChI=1S/C15H16O4/c1-18-13-9-10-14(19-2)12(11-13)7-5-3-4-6-8-15(16)17/h3-11H,1-2H3,(H,16,17)/b4-3+,7-5+,8-6+. The molecule has 1 aromatic carbocycles. The lowest BCUT2D eigenvalue weighted by Crippen LogP contribution is -1.89. The molecule has 0 aliphatic carbocycles. The lowest BCUT2D eigenvalue weighted by molar-refractivity contribution is -0.131. The first-order valence-electron chi connectivity index (χ1n) is 5.63. The van der Waals surface area contributed by atoms with E-state index >= 15 is 0 Å². The van der Waals surface area contributed by atoms with Crippen molar-refractivity contribution < 1.29 is 19.4 Å². The second-order valence-corrected chi connectivity index (χ2v) is 3.55. The maximum absolute atomic E-state index is 10.2. The van der Waals surface area contributed by atoms with E-state index in [-0.39, 0.29) is 0 Å². The first-order chi connectivity index (χ1) is 9.17. The lowest BCUT2D eigenvalue weighted by Gasteiger charge is -2.06. The third kappa shape index (κ3) is 5.12. The quantitative estimate of drug-likeness (QED) is 0.631. The molecule has 0 radical (unpaired) electrons. The molecule has 1 rings (SSSR count). The smallest absolute Gasteiger partial charge is 0.328 e. The average Bonchev–Trinajstić information content (AvgIpc) is 2.42. The van der Waals surface area contributed by atoms with Crippen LogP contribution >= 0.6 is 0 Å². The monoisotopic (exact) mass is 260 g/mol. The van der Waals surface area contributed by atoms with E-state index in [9.17, 15) is 4.79 Å². The van der Waals surface area contributed by atoms with Crippen LogP contribution in [0, 0.1) is 0 Å². The van der Waals surface area contributed by atoms with Crippen molar-refractivity contribution in [3.8, 4) is 11.5 Å². The van der Waals surface area contributed by atoms with Crippen molar-refractivity contribution in [3.63, 3.8) is 0 Å². The minimum Gasteiger partial charge on any atom is -0.497 e. The average molecular weight is 260 g/mol. The molecule has 0 fully saturated rings. The largest absolute Gasteiger partial charge is 0.497 e. The molecule has 0 aliphatic rings. The van der Waals surface area contributed by atoms with Crippen LogP contribution in [-0.2, 0) is 4.79 Å². The minimum absolute atomic E-state index is 0.742. The van der Waals surface area contributed by atoms with Crippen molar-refractivity contribution in [3.05, 3.63) is 54.1 Å². The molecular weight excluding hydrogens is 244 g/mol. The number of aliphatic carboxylic acids is 1. The second kappa shape index (κ2) is 7.76. The van der Waals surface area contributed by atoms with Gasteiger partial charge < -0.3 is 14.6 Å². The second-order valence-electron chi connectivity index (χ2n) is 3.55. The maximum Gasteiger partial charge on any atom is 0.328 e. The highest BCUT2D eigenvalue weighted by molar-refractivity contribution is 5.80. The van der Waals surface area contributed by atoms with E-state index in [0.29, 0.717) is 0 Å². The zero-order valence-electron chi connectivity index (χ0n) is 10.9. The Labute approximate surface area is 112 Å². The van der Waals surface area contributed by atoms with Gasteiger partial charge in [0.2, 0.25) is 0 Å². The summed E-state index contributed by atoms with van der Waals surface area (Å²) in [4.78, 5) is 10.2. The third-order valence-corrected chi connectivity index (χ3v) is 2.28. The van der Waals surface area contributed by atoms with Gasteiger partial charge in [0.05, 0.1) is 14.2 Å². The van der Waals surface area contributed by atoms with E-state index in [1.807, 2.05) is 24.3 Å². The molecule has 0 saturated carbocycles. The van der Waals surface area contributed by atoms with E-state index in [2.05, 4.69) is 0 Å². The molecule has 0 bridgehead atoms. The van der Waals surface area contributed by atoms with Crippen molar-refractivity contribution in [1.29, 1.82) is 0 Å². The number of allylic oxidation sites excluding steroid dienone is 4. The molecular formula is C15H16O4. The van der Waals surface area contributed by atoms with Crippen molar-refractivity contribution >= 4 is 12.0 Å². The van der Waals surface area contributed by atoms with Crippen LogP contribution in [0.5, 0.6) is 11.5 Å². The van der Waals surface area contributed by atoms with Crippen LogP contribution in [0.15, 0.2) is 48.6 Å². The molecule has 0 saturated heterocycles. The molecule has 1 aromatic rings. The molecule has 0 aliphatic heterocycles. The summed E-state index contributed by atoms with van der Waals surface area (Å²) in [6.07, 6.45) is 9.54. The third-order valence-electron chi connectivity index (χ3n) is 2.28. The van der Waals surface area contributed by atoms with Gasteiger partial charge in [0.1, 0.15) is 11.5 Å². The Kier molecular flexibility index (Phi) is 5.95. The van der Waals surface area contributed by atoms with Crippen LogP contribution in [0.4, 0.5) is 0 Å². The topological polar surface area (TPSA) is 55.8 Å². The molecule has 0 spiro atoms. The predicted molar refractivity (Wildman–Crippen MR) is 74.5 cm³/mol. The lowest BCUT2D eigenvalue weighted by atomic mass is 10.1. The Balaban J connectivity index is 2.77. The zero-order valence-corrected chi connectivity index (χ0v) is 10.9. The Morgan fingerprint density at radius 3 is 2.47 bits per heavy atom. The van der Waals surface area contributed by atoms with Crippen molar-refractivity contribution in [1.82, 2.24) is 0 Å². The fourth-order valence-electron chi connectivity index (χ4n) is 1.40. The van der Waals surface area contributed by atoms with Crippen LogP contribution in [-0.4, -0.2) is 25.3 Å². The van der Waals surface area contributed by atoms with Gasteiger partial charge in [-0.3, -0.25) is 0 Å². The Hall–Kier alpha value is -2.49. The highest BCUT2D eigenvalue weighted by Gasteiger charge is 2.00. The van der Waals surface area contributed by atoms with E-state index < -0.39 is 5.97 Å². The van der Waals surface area contributed by atoms with E-state index in [1.54, 1.807) is 32.4 Å². The van der Waals surface area contributed by atoms with Crippen LogP contribution in [0.2, 0.25) is 0 Å². The summed E-state index contributed by atoms with van der Waals surface area (Å²) in [6, 6.07) is 5.50. The summed E-state index contributed by atoms with van der Waals surface area (Å²) < 4.78 is 10.4. The molecule has 4 nitrogen and oxygen atoms in total. The number of hydrogen-bond donors (Lipinski definition) is 1. The van der Waals surface area contributed by atoms with Crippen LogP contribution in [0.1, 0.15) is 5.56 Å². The summed E-state index contributed by atoms with van der Waals surface area (Å²) >= 11 is 0. The van der Waals surface area contributed by atoms with Gasteiger partial charge in [-0.2, -0.15) is 0 Å². The summed E-state index contributed by atoms with van der Waals surface area (Å²) in [6.45, 7) is 0. The van der Waals surface area contributed by atoms with E-state index in [4.69, 9.17) is 14.6 Å².